The molecule has 3 heteroatoms. The first-order chi connectivity index (χ1) is 10.2. The Bertz CT molecular complexity index is 571. The Morgan fingerprint density at radius 2 is 2.19 bits per heavy atom. The largest absolute Gasteiger partial charge is 0.497 e. The maximum absolute atomic E-state index is 6.30. The van der Waals surface area contributed by atoms with Gasteiger partial charge in [0.15, 0.2) is 0 Å². The van der Waals surface area contributed by atoms with Crippen LogP contribution in [0, 0.1) is 6.92 Å². The number of fused-ring (bicyclic) bond motifs is 1. The predicted octanol–water partition coefficient (Wildman–Crippen LogP) is 2.68. The van der Waals surface area contributed by atoms with Gasteiger partial charge in [-0.3, -0.25) is 0 Å². The minimum absolute atomic E-state index is 0.225. The molecule has 2 fully saturated rings. The molecule has 0 unspecified atom stereocenters. The normalized spacial score (nSPS) is 35.0. The average Bonchev–Trinajstić information content (AvgIpc) is 2.51. The monoisotopic (exact) mass is 287 g/mol. The van der Waals surface area contributed by atoms with Gasteiger partial charge in [0.2, 0.25) is 0 Å². The van der Waals surface area contributed by atoms with Crippen LogP contribution in [0.2, 0.25) is 0 Å². The number of nitrogens with zero attached hydrogens (tertiary/aromatic N) is 1. The van der Waals surface area contributed by atoms with Crippen LogP contribution < -0.4 is 4.74 Å². The maximum Gasteiger partial charge on any atom is 0.119 e. The van der Waals surface area contributed by atoms with Gasteiger partial charge in [0.25, 0.3) is 0 Å². The first-order valence-corrected chi connectivity index (χ1v) is 8.15. The predicted molar refractivity (Wildman–Crippen MR) is 83.1 cm³/mol. The molecule has 0 radical (unpaired) electrons. The van der Waals surface area contributed by atoms with Crippen molar-refractivity contribution >= 4 is 0 Å². The fraction of sp³-hybridized carbons (Fsp3) is 0.667. The van der Waals surface area contributed by atoms with Crippen molar-refractivity contribution in [2.45, 2.75) is 50.2 Å². The summed E-state index contributed by atoms with van der Waals surface area (Å²) in [7, 11) is 4.03. The molecule has 0 aromatic heterocycles. The Labute approximate surface area is 127 Å². The molecule has 2 heterocycles. The smallest absolute Gasteiger partial charge is 0.119 e. The molecule has 2 bridgehead atoms. The van der Waals surface area contributed by atoms with Crippen LogP contribution in [0.1, 0.15) is 36.0 Å². The van der Waals surface area contributed by atoms with Crippen molar-refractivity contribution in [3.63, 3.8) is 0 Å². The van der Waals surface area contributed by atoms with E-state index < -0.39 is 0 Å². The summed E-state index contributed by atoms with van der Waals surface area (Å²) in [6.07, 6.45) is 5.15. The summed E-state index contributed by atoms with van der Waals surface area (Å²) in [5, 5.41) is 0. The van der Waals surface area contributed by atoms with Gasteiger partial charge in [-0.2, -0.15) is 0 Å². The number of piperidine rings is 1. The fourth-order valence-electron chi connectivity index (χ4n) is 4.93. The minimum atomic E-state index is 0.225. The quantitative estimate of drug-likeness (QED) is 0.792. The fourth-order valence-corrected chi connectivity index (χ4v) is 4.93. The molecule has 0 amide bonds. The van der Waals surface area contributed by atoms with E-state index in [1.54, 1.807) is 12.7 Å². The molecule has 3 aliphatic rings. The summed E-state index contributed by atoms with van der Waals surface area (Å²) < 4.78 is 11.8. The molecule has 1 aromatic carbocycles. The van der Waals surface area contributed by atoms with E-state index in [1.165, 1.54) is 36.9 Å². The van der Waals surface area contributed by atoms with Crippen LogP contribution in [0.5, 0.6) is 5.75 Å². The minimum Gasteiger partial charge on any atom is -0.497 e. The van der Waals surface area contributed by atoms with Crippen LogP contribution >= 0.6 is 0 Å². The molecule has 0 spiro atoms. The van der Waals surface area contributed by atoms with Crippen molar-refractivity contribution in [1.82, 2.24) is 4.90 Å². The highest BCUT2D eigenvalue weighted by Gasteiger charge is 2.54. The highest BCUT2D eigenvalue weighted by molar-refractivity contribution is 5.50. The third-order valence-electron chi connectivity index (χ3n) is 6.07. The molecule has 2 aliphatic heterocycles. The lowest BCUT2D eigenvalue weighted by atomic mass is 9.58. The van der Waals surface area contributed by atoms with Crippen LogP contribution in [0.4, 0.5) is 0 Å². The van der Waals surface area contributed by atoms with E-state index in [9.17, 15) is 0 Å². The number of aryl methyl sites for hydroxylation is 1. The molecule has 1 aromatic rings. The van der Waals surface area contributed by atoms with Gasteiger partial charge in [-0.15, -0.1) is 0 Å². The van der Waals surface area contributed by atoms with E-state index in [-0.39, 0.29) is 5.41 Å². The SMILES string of the molecule is COc1cc(C)c2c(c1)[C@@]13CCCO[C@H]1[C@@H](C2)N(C)CC3. The second-order valence-corrected chi connectivity index (χ2v) is 7.02. The molecule has 0 saturated carbocycles. The standard InChI is InChI=1S/C18H25NO2/c1-12-9-13(20-3)10-15-14(12)11-16-17-18(15,5-4-8-21-17)6-7-19(16)2/h9-10,16-17H,4-8,11H2,1-3H3/t16-,17+,18+/m1/s1. The van der Waals surface area contributed by atoms with Crippen molar-refractivity contribution in [1.29, 1.82) is 0 Å². The van der Waals surface area contributed by atoms with Crippen LogP contribution in [-0.4, -0.2) is 44.4 Å². The Hall–Kier alpha value is -1.06. The van der Waals surface area contributed by atoms with E-state index in [2.05, 4.69) is 31.0 Å². The number of methoxy groups -OCH3 is 1. The van der Waals surface area contributed by atoms with Crippen molar-refractivity contribution in [3.8, 4) is 5.75 Å². The van der Waals surface area contributed by atoms with Gasteiger partial charge in [0.05, 0.1) is 13.2 Å². The van der Waals surface area contributed by atoms with Crippen LogP contribution in [0.15, 0.2) is 12.1 Å². The Balaban J connectivity index is 1.92. The lowest BCUT2D eigenvalue weighted by Gasteiger charge is -2.57. The molecule has 3 nitrogen and oxygen atoms in total. The number of hydrogen-bond donors (Lipinski definition) is 0. The molecule has 4 rings (SSSR count). The zero-order valence-corrected chi connectivity index (χ0v) is 13.3. The van der Waals surface area contributed by atoms with Gasteiger partial charge in [-0.05, 0) is 75.0 Å². The zero-order valence-electron chi connectivity index (χ0n) is 13.3. The number of likely N-dealkylation sites (tertiary alicyclic amines) is 1. The molecule has 1 aliphatic carbocycles. The van der Waals surface area contributed by atoms with Crippen LogP contribution in [0.25, 0.3) is 0 Å². The summed E-state index contributed by atoms with van der Waals surface area (Å²) >= 11 is 0. The highest BCUT2D eigenvalue weighted by atomic mass is 16.5. The summed E-state index contributed by atoms with van der Waals surface area (Å²) in [6.45, 7) is 4.34. The molecular weight excluding hydrogens is 262 g/mol. The van der Waals surface area contributed by atoms with E-state index in [4.69, 9.17) is 9.47 Å². The third kappa shape index (κ3) is 1.80. The van der Waals surface area contributed by atoms with Gasteiger partial charge in [0.1, 0.15) is 5.75 Å². The first kappa shape index (κ1) is 13.6. The molecule has 3 atom stereocenters. The Morgan fingerprint density at radius 1 is 1.33 bits per heavy atom. The van der Waals surface area contributed by atoms with E-state index >= 15 is 0 Å². The van der Waals surface area contributed by atoms with Crippen molar-refractivity contribution < 1.29 is 9.47 Å². The van der Waals surface area contributed by atoms with Crippen LogP contribution in [0.3, 0.4) is 0 Å². The molecular formula is C18H25NO2. The number of ether oxygens (including phenoxy) is 2. The zero-order chi connectivity index (χ0) is 14.6. The number of benzene rings is 1. The maximum atomic E-state index is 6.30. The third-order valence-corrected chi connectivity index (χ3v) is 6.07. The summed E-state index contributed by atoms with van der Waals surface area (Å²) in [6, 6.07) is 5.03. The average molecular weight is 287 g/mol. The number of rotatable bonds is 1. The van der Waals surface area contributed by atoms with Crippen molar-refractivity contribution in [2.75, 3.05) is 27.3 Å². The lowest BCUT2D eigenvalue weighted by Crippen LogP contribution is -2.64. The van der Waals surface area contributed by atoms with Gasteiger partial charge >= 0.3 is 0 Å². The number of hydrogen-bond acceptors (Lipinski definition) is 3. The van der Waals surface area contributed by atoms with E-state index in [0.717, 1.165) is 18.8 Å². The van der Waals surface area contributed by atoms with Gasteiger partial charge in [-0.25, -0.2) is 0 Å². The summed E-state index contributed by atoms with van der Waals surface area (Å²) in [4.78, 5) is 2.51. The van der Waals surface area contributed by atoms with Crippen molar-refractivity contribution in [3.05, 3.63) is 28.8 Å². The van der Waals surface area contributed by atoms with Crippen molar-refractivity contribution in [2.24, 2.45) is 0 Å². The Morgan fingerprint density at radius 3 is 3.00 bits per heavy atom. The van der Waals surface area contributed by atoms with E-state index in [0.29, 0.717) is 12.1 Å². The lowest BCUT2D eigenvalue weighted by molar-refractivity contribution is -0.122. The topological polar surface area (TPSA) is 21.7 Å². The van der Waals surface area contributed by atoms with Gasteiger partial charge in [-0.1, -0.05) is 0 Å². The highest BCUT2D eigenvalue weighted by Crippen LogP contribution is 2.52. The first-order valence-electron chi connectivity index (χ1n) is 8.15. The molecule has 114 valence electrons. The molecule has 2 saturated heterocycles. The van der Waals surface area contributed by atoms with Gasteiger partial charge in [0, 0.05) is 18.1 Å². The Kier molecular flexibility index (Phi) is 3.05. The van der Waals surface area contributed by atoms with E-state index in [1.807, 2.05) is 0 Å². The second-order valence-electron chi connectivity index (χ2n) is 7.02. The molecule has 21 heavy (non-hydrogen) atoms. The molecule has 0 N–H and O–H groups in total. The van der Waals surface area contributed by atoms with Gasteiger partial charge < -0.3 is 14.4 Å². The van der Waals surface area contributed by atoms with Crippen LogP contribution in [-0.2, 0) is 16.6 Å². The number of likely N-dealkylation sites (N-methyl/N-ethyl adjacent to an activating group) is 1. The second kappa shape index (κ2) is 4.72. The summed E-state index contributed by atoms with van der Waals surface area (Å²) in [5.74, 6) is 1.00. The summed E-state index contributed by atoms with van der Waals surface area (Å²) in [5.41, 5.74) is 4.68.